The zero-order valence-corrected chi connectivity index (χ0v) is 11.3. The molecule has 1 fully saturated rings. The first-order valence-electron chi connectivity index (χ1n) is 5.45. The van der Waals surface area contributed by atoms with Crippen molar-refractivity contribution >= 4 is 33.0 Å². The number of rotatable bonds is 3. The van der Waals surface area contributed by atoms with Gasteiger partial charge in [-0.3, -0.25) is 15.6 Å². The van der Waals surface area contributed by atoms with Gasteiger partial charge >= 0.3 is 0 Å². The highest BCUT2D eigenvalue weighted by Gasteiger charge is 2.34. The fraction of sp³-hybridized carbons (Fsp3) is 0.400. The number of nitrogens with one attached hydrogen (secondary N) is 3. The Morgan fingerprint density at radius 3 is 2.78 bits per heavy atom. The molecular formula is C10H15ClN4O2S. The number of hydrazine groups is 1. The first-order chi connectivity index (χ1) is 8.40. The van der Waals surface area contributed by atoms with Crippen LogP contribution in [0.4, 0.5) is 11.4 Å². The summed E-state index contributed by atoms with van der Waals surface area (Å²) in [6.45, 7) is 2.17. The van der Waals surface area contributed by atoms with Gasteiger partial charge in [0.25, 0.3) is 0 Å². The van der Waals surface area contributed by atoms with Crippen molar-refractivity contribution in [1.29, 1.82) is 0 Å². The summed E-state index contributed by atoms with van der Waals surface area (Å²) < 4.78 is 26.8. The lowest BCUT2D eigenvalue weighted by Crippen LogP contribution is -2.38. The molecule has 6 nitrogen and oxygen atoms in total. The second kappa shape index (κ2) is 4.93. The summed E-state index contributed by atoms with van der Waals surface area (Å²) >= 11 is 5.78. The van der Waals surface area contributed by atoms with Crippen molar-refractivity contribution in [3.05, 3.63) is 23.2 Å². The number of halogens is 1. The van der Waals surface area contributed by atoms with E-state index in [2.05, 4.69) is 15.6 Å². The molecule has 18 heavy (non-hydrogen) atoms. The van der Waals surface area contributed by atoms with Crippen LogP contribution in [-0.2, 0) is 10.0 Å². The highest BCUT2D eigenvalue weighted by Crippen LogP contribution is 2.24. The van der Waals surface area contributed by atoms with Gasteiger partial charge in [-0.2, -0.15) is 0 Å². The van der Waals surface area contributed by atoms with Gasteiger partial charge in [0.15, 0.2) is 0 Å². The molecule has 1 aromatic carbocycles. The maximum Gasteiger partial charge on any atom is 0.238 e. The molecule has 0 radical (unpaired) electrons. The first kappa shape index (κ1) is 13.4. The Balaban J connectivity index is 2.19. The van der Waals surface area contributed by atoms with Crippen molar-refractivity contribution in [2.75, 3.05) is 17.0 Å². The number of nitrogen functional groups attached to an aromatic ring is 1. The van der Waals surface area contributed by atoms with Crippen LogP contribution in [0.1, 0.15) is 6.92 Å². The van der Waals surface area contributed by atoms with Crippen LogP contribution in [0.25, 0.3) is 0 Å². The number of nitrogens with two attached hydrogens (primary N) is 1. The molecule has 8 heteroatoms. The third kappa shape index (κ3) is 2.69. The van der Waals surface area contributed by atoms with Crippen molar-refractivity contribution in [1.82, 2.24) is 10.9 Å². The van der Waals surface area contributed by atoms with Crippen LogP contribution in [0.5, 0.6) is 0 Å². The highest BCUT2D eigenvalue weighted by atomic mass is 35.5. The lowest BCUT2D eigenvalue weighted by Gasteiger charge is -2.16. The van der Waals surface area contributed by atoms with E-state index >= 15 is 0 Å². The fourth-order valence-electron chi connectivity index (χ4n) is 1.82. The molecule has 0 amide bonds. The highest BCUT2D eigenvalue weighted by molar-refractivity contribution is 7.93. The van der Waals surface area contributed by atoms with Crippen LogP contribution < -0.4 is 21.3 Å². The van der Waals surface area contributed by atoms with Crippen LogP contribution in [0, 0.1) is 0 Å². The number of benzene rings is 1. The minimum atomic E-state index is -3.47. The van der Waals surface area contributed by atoms with E-state index in [9.17, 15) is 8.42 Å². The lowest BCUT2D eigenvalue weighted by atomic mass is 10.3. The zero-order valence-electron chi connectivity index (χ0n) is 9.77. The molecule has 5 N–H and O–H groups in total. The van der Waals surface area contributed by atoms with Crippen LogP contribution >= 0.6 is 11.6 Å². The molecule has 2 atom stereocenters. The van der Waals surface area contributed by atoms with Gasteiger partial charge in [-0.1, -0.05) is 11.6 Å². The summed E-state index contributed by atoms with van der Waals surface area (Å²) in [5, 5.41) is -0.134. The van der Waals surface area contributed by atoms with Crippen LogP contribution in [-0.4, -0.2) is 26.3 Å². The number of anilines is 2. The average molecular weight is 291 g/mol. The maximum absolute atomic E-state index is 12.1. The summed E-state index contributed by atoms with van der Waals surface area (Å²) in [4.78, 5) is 0. The standard InChI is InChI=1S/C10H15ClN4O2S/c1-6-10(5-13-14-6)18(16,17)15-7-2-3-8(11)9(12)4-7/h2-4,6,10,13-15H,5,12H2,1H3. The smallest absolute Gasteiger partial charge is 0.238 e. The van der Waals surface area contributed by atoms with E-state index in [0.717, 1.165) is 0 Å². The second-order valence-corrected chi connectivity index (χ2v) is 6.54. The number of hydrogen-bond donors (Lipinski definition) is 4. The third-order valence-corrected chi connectivity index (χ3v) is 5.08. The van der Waals surface area contributed by atoms with Gasteiger partial charge in [0.2, 0.25) is 10.0 Å². The molecule has 0 aliphatic carbocycles. The fourth-order valence-corrected chi connectivity index (χ4v) is 3.45. The second-order valence-electron chi connectivity index (χ2n) is 4.24. The summed E-state index contributed by atoms with van der Waals surface area (Å²) in [7, 11) is -3.47. The van der Waals surface area contributed by atoms with Crippen LogP contribution in [0.2, 0.25) is 5.02 Å². The molecule has 2 rings (SSSR count). The van der Waals surface area contributed by atoms with Gasteiger partial charge in [-0.15, -0.1) is 0 Å². The summed E-state index contributed by atoms with van der Waals surface area (Å²) in [5.74, 6) is 0. The average Bonchev–Trinajstić information content (AvgIpc) is 2.70. The van der Waals surface area contributed by atoms with Crippen LogP contribution in [0.15, 0.2) is 18.2 Å². The van der Waals surface area contributed by atoms with E-state index < -0.39 is 15.3 Å². The SMILES string of the molecule is CC1NNCC1S(=O)(=O)Nc1ccc(Cl)c(N)c1. The molecule has 1 heterocycles. The van der Waals surface area contributed by atoms with Crippen molar-refractivity contribution in [3.63, 3.8) is 0 Å². The van der Waals surface area contributed by atoms with Crippen molar-refractivity contribution in [2.45, 2.75) is 18.2 Å². The van der Waals surface area contributed by atoms with Gasteiger partial charge < -0.3 is 5.73 Å². The Morgan fingerprint density at radius 1 is 1.50 bits per heavy atom. The molecule has 100 valence electrons. The van der Waals surface area contributed by atoms with Gasteiger partial charge in [-0.25, -0.2) is 8.42 Å². The van der Waals surface area contributed by atoms with E-state index in [-0.39, 0.29) is 6.04 Å². The summed E-state index contributed by atoms with van der Waals surface area (Å²) in [5.41, 5.74) is 12.1. The van der Waals surface area contributed by atoms with E-state index in [1.54, 1.807) is 19.1 Å². The predicted octanol–water partition coefficient (Wildman–Crippen LogP) is 0.529. The summed E-state index contributed by atoms with van der Waals surface area (Å²) in [6, 6.07) is 4.48. The quantitative estimate of drug-likeness (QED) is 0.609. The van der Waals surface area contributed by atoms with E-state index in [0.29, 0.717) is 22.9 Å². The Morgan fingerprint density at radius 2 is 2.22 bits per heavy atom. The Labute approximate surface area is 111 Å². The molecule has 1 aliphatic heterocycles. The molecular weight excluding hydrogens is 276 g/mol. The topological polar surface area (TPSA) is 96.2 Å². The van der Waals surface area contributed by atoms with Crippen molar-refractivity contribution in [2.24, 2.45) is 0 Å². The van der Waals surface area contributed by atoms with Crippen LogP contribution in [0.3, 0.4) is 0 Å². The maximum atomic E-state index is 12.1. The molecule has 0 saturated carbocycles. The minimum Gasteiger partial charge on any atom is -0.397 e. The van der Waals surface area contributed by atoms with E-state index in [1.807, 2.05) is 0 Å². The monoisotopic (exact) mass is 290 g/mol. The van der Waals surface area contributed by atoms with E-state index in [4.69, 9.17) is 17.3 Å². The van der Waals surface area contributed by atoms with E-state index in [1.165, 1.54) is 6.07 Å². The summed E-state index contributed by atoms with van der Waals surface area (Å²) in [6.07, 6.45) is 0. The zero-order chi connectivity index (χ0) is 13.3. The Hall–Kier alpha value is -1.02. The molecule has 0 aromatic heterocycles. The Kier molecular flexibility index (Phi) is 3.67. The first-order valence-corrected chi connectivity index (χ1v) is 7.37. The molecule has 0 spiro atoms. The largest absolute Gasteiger partial charge is 0.397 e. The molecule has 0 bridgehead atoms. The third-order valence-electron chi connectivity index (χ3n) is 2.85. The van der Waals surface area contributed by atoms with Gasteiger partial charge in [0.1, 0.15) is 5.25 Å². The molecule has 1 saturated heterocycles. The van der Waals surface area contributed by atoms with Gasteiger partial charge in [0.05, 0.1) is 16.4 Å². The normalized spacial score (nSPS) is 24.1. The van der Waals surface area contributed by atoms with Crippen molar-refractivity contribution < 1.29 is 8.42 Å². The molecule has 2 unspecified atom stereocenters. The van der Waals surface area contributed by atoms with Gasteiger partial charge in [0, 0.05) is 12.6 Å². The predicted molar refractivity (Wildman–Crippen MR) is 72.8 cm³/mol. The lowest BCUT2D eigenvalue weighted by molar-refractivity contribution is 0.565. The van der Waals surface area contributed by atoms with Gasteiger partial charge in [-0.05, 0) is 25.1 Å². The number of hydrogen-bond acceptors (Lipinski definition) is 5. The van der Waals surface area contributed by atoms with Crippen molar-refractivity contribution in [3.8, 4) is 0 Å². The number of sulfonamides is 1. The molecule has 1 aromatic rings. The minimum absolute atomic E-state index is 0.160. The molecule has 1 aliphatic rings. The Bertz CT molecular complexity index is 549.